The lowest BCUT2D eigenvalue weighted by atomic mass is 10.1. The van der Waals surface area contributed by atoms with E-state index in [4.69, 9.17) is 5.11 Å². The van der Waals surface area contributed by atoms with Gasteiger partial charge in [0.2, 0.25) is 5.91 Å². The van der Waals surface area contributed by atoms with Gasteiger partial charge in [-0.25, -0.2) is 13.4 Å². The Balaban J connectivity index is 1.65. The van der Waals surface area contributed by atoms with Crippen molar-refractivity contribution in [1.29, 1.82) is 0 Å². The zero-order valence-electron chi connectivity index (χ0n) is 15.4. The smallest absolute Gasteiger partial charge is 0.307 e. The number of carbonyl (C=O) groups excluding carboxylic acids is 1. The average Bonchev–Trinajstić information content (AvgIpc) is 3.10. The number of phenolic OH excluding ortho intramolecular Hbond substituents is 1. The molecule has 1 aromatic heterocycles. The fraction of sp³-hybridized carbons (Fsp3) is 0.105. The van der Waals surface area contributed by atoms with Crippen LogP contribution >= 0.6 is 11.3 Å². The number of carboxylic acid groups (broad SMARTS) is 1. The molecular formula is C19H17N3O6S2. The molecule has 0 aliphatic rings. The van der Waals surface area contributed by atoms with Crippen molar-refractivity contribution in [3.8, 4) is 5.75 Å². The van der Waals surface area contributed by atoms with Crippen molar-refractivity contribution in [3.63, 3.8) is 0 Å². The van der Waals surface area contributed by atoms with Crippen molar-refractivity contribution in [2.45, 2.75) is 17.7 Å². The van der Waals surface area contributed by atoms with Crippen molar-refractivity contribution < 1.29 is 28.2 Å². The molecule has 11 heteroatoms. The molecule has 0 fully saturated rings. The summed E-state index contributed by atoms with van der Waals surface area (Å²) < 4.78 is 27.0. The highest BCUT2D eigenvalue weighted by molar-refractivity contribution is 7.93. The lowest BCUT2D eigenvalue weighted by Gasteiger charge is -2.08. The summed E-state index contributed by atoms with van der Waals surface area (Å²) in [5.41, 5.74) is 0.838. The number of phenols is 1. The molecule has 0 atom stereocenters. The molecule has 1 heterocycles. The normalized spacial score (nSPS) is 11.1. The van der Waals surface area contributed by atoms with E-state index in [0.717, 1.165) is 11.3 Å². The van der Waals surface area contributed by atoms with Gasteiger partial charge < -0.3 is 15.5 Å². The Morgan fingerprint density at radius 1 is 1.07 bits per heavy atom. The van der Waals surface area contributed by atoms with Crippen LogP contribution in [0.5, 0.6) is 5.75 Å². The van der Waals surface area contributed by atoms with Gasteiger partial charge in [-0.15, -0.1) is 11.3 Å². The summed E-state index contributed by atoms with van der Waals surface area (Å²) in [4.78, 5) is 27.3. The Bertz CT molecular complexity index is 1180. The van der Waals surface area contributed by atoms with E-state index < -0.39 is 21.9 Å². The van der Waals surface area contributed by atoms with Gasteiger partial charge >= 0.3 is 5.97 Å². The van der Waals surface area contributed by atoms with Gasteiger partial charge in [-0.05, 0) is 29.8 Å². The molecule has 0 spiro atoms. The van der Waals surface area contributed by atoms with E-state index in [-0.39, 0.29) is 34.3 Å². The molecule has 0 bridgehead atoms. The third-order valence-corrected chi connectivity index (χ3v) is 6.15. The predicted molar refractivity (Wildman–Crippen MR) is 111 cm³/mol. The first-order valence-corrected chi connectivity index (χ1v) is 10.9. The van der Waals surface area contributed by atoms with Gasteiger partial charge in [-0.2, -0.15) is 0 Å². The van der Waals surface area contributed by atoms with Crippen LogP contribution in [0, 0.1) is 0 Å². The number of rotatable bonds is 8. The Morgan fingerprint density at radius 2 is 1.80 bits per heavy atom. The van der Waals surface area contributed by atoms with E-state index in [2.05, 4.69) is 15.0 Å². The summed E-state index contributed by atoms with van der Waals surface area (Å²) in [6.45, 7) is 0. The van der Waals surface area contributed by atoms with E-state index in [1.54, 1.807) is 23.6 Å². The number of nitrogens with one attached hydrogen (secondary N) is 2. The summed E-state index contributed by atoms with van der Waals surface area (Å²) in [6, 6.07) is 11.9. The van der Waals surface area contributed by atoms with Crippen LogP contribution < -0.4 is 10.0 Å². The van der Waals surface area contributed by atoms with Crippen LogP contribution in [0.4, 0.5) is 10.8 Å². The van der Waals surface area contributed by atoms with Crippen LogP contribution in [0.25, 0.3) is 0 Å². The Hall–Kier alpha value is -3.44. The second kappa shape index (κ2) is 8.93. The van der Waals surface area contributed by atoms with Crippen LogP contribution in [0.15, 0.2) is 58.8 Å². The van der Waals surface area contributed by atoms with Crippen molar-refractivity contribution >= 4 is 44.1 Å². The van der Waals surface area contributed by atoms with Crippen LogP contribution in [-0.2, 0) is 32.5 Å². The number of hydrogen-bond acceptors (Lipinski definition) is 7. The molecule has 0 saturated heterocycles. The first kappa shape index (κ1) is 21.3. The quantitative estimate of drug-likeness (QED) is 0.388. The number of aromatic hydroxyl groups is 1. The Morgan fingerprint density at radius 3 is 2.50 bits per heavy atom. The summed E-state index contributed by atoms with van der Waals surface area (Å²) in [6.07, 6.45) is -0.410. The molecule has 30 heavy (non-hydrogen) atoms. The molecule has 0 saturated carbocycles. The first-order valence-electron chi connectivity index (χ1n) is 8.59. The highest BCUT2D eigenvalue weighted by Gasteiger charge is 2.17. The van der Waals surface area contributed by atoms with Crippen LogP contribution in [-0.4, -0.2) is 35.5 Å². The SMILES string of the molecule is O=C(O)Cc1ccc(O)c(NC(=O)Cc2csc(NS(=O)(=O)c3ccccc3)n2)c1. The van der Waals surface area contributed by atoms with Crippen LogP contribution in [0.1, 0.15) is 11.3 Å². The maximum Gasteiger partial charge on any atom is 0.307 e. The topological polar surface area (TPSA) is 146 Å². The van der Waals surface area contributed by atoms with Crippen molar-refractivity contribution in [1.82, 2.24) is 4.98 Å². The van der Waals surface area contributed by atoms with Crippen LogP contribution in [0.2, 0.25) is 0 Å². The van der Waals surface area contributed by atoms with Gasteiger partial charge in [0.15, 0.2) is 5.13 Å². The molecule has 4 N–H and O–H groups in total. The number of carboxylic acids is 1. The van der Waals surface area contributed by atoms with Gasteiger partial charge in [0.25, 0.3) is 10.0 Å². The molecule has 1 amide bonds. The van der Waals surface area contributed by atoms with Crippen molar-refractivity contribution in [2.24, 2.45) is 0 Å². The van der Waals surface area contributed by atoms with Gasteiger partial charge in [0.1, 0.15) is 5.75 Å². The summed E-state index contributed by atoms with van der Waals surface area (Å²) >= 11 is 1.04. The summed E-state index contributed by atoms with van der Waals surface area (Å²) in [5.74, 6) is -1.74. The number of anilines is 2. The lowest BCUT2D eigenvalue weighted by molar-refractivity contribution is -0.136. The largest absolute Gasteiger partial charge is 0.506 e. The molecule has 156 valence electrons. The molecule has 0 unspecified atom stereocenters. The standard InChI is InChI=1S/C19H17N3O6S2/c23-16-7-6-12(9-18(25)26)8-15(16)21-17(24)10-13-11-29-19(20-13)22-30(27,28)14-4-2-1-3-5-14/h1-8,11,23H,9-10H2,(H,20,22)(H,21,24)(H,25,26). The molecule has 9 nitrogen and oxygen atoms in total. The minimum atomic E-state index is -3.78. The van der Waals surface area contributed by atoms with E-state index in [1.165, 1.54) is 30.3 Å². The predicted octanol–water partition coefficient (Wildman–Crippen LogP) is 2.46. The van der Waals surface area contributed by atoms with Gasteiger partial charge in [0.05, 0.1) is 29.1 Å². The first-order chi connectivity index (χ1) is 14.2. The number of aliphatic carboxylic acids is 1. The minimum Gasteiger partial charge on any atom is -0.506 e. The second-order valence-corrected chi connectivity index (χ2v) is 8.75. The zero-order valence-corrected chi connectivity index (χ0v) is 17.0. The zero-order chi connectivity index (χ0) is 21.7. The molecular weight excluding hydrogens is 430 g/mol. The Labute approximate surface area is 176 Å². The Kier molecular flexibility index (Phi) is 6.33. The lowest BCUT2D eigenvalue weighted by Crippen LogP contribution is -2.15. The number of nitrogens with zero attached hydrogens (tertiary/aromatic N) is 1. The highest BCUT2D eigenvalue weighted by Crippen LogP contribution is 2.25. The number of hydrogen-bond donors (Lipinski definition) is 4. The van der Waals surface area contributed by atoms with E-state index >= 15 is 0 Å². The fourth-order valence-electron chi connectivity index (χ4n) is 2.54. The molecule has 3 aromatic rings. The third-order valence-electron chi connectivity index (χ3n) is 3.86. The molecule has 0 radical (unpaired) electrons. The third kappa shape index (κ3) is 5.55. The van der Waals surface area contributed by atoms with Crippen LogP contribution in [0.3, 0.4) is 0 Å². The van der Waals surface area contributed by atoms with E-state index in [1.807, 2.05) is 0 Å². The van der Waals surface area contributed by atoms with E-state index in [0.29, 0.717) is 11.3 Å². The minimum absolute atomic E-state index is 0.0824. The average molecular weight is 447 g/mol. The van der Waals surface area contributed by atoms with E-state index in [9.17, 15) is 23.1 Å². The number of carbonyl (C=O) groups is 2. The number of aromatic nitrogens is 1. The summed E-state index contributed by atoms with van der Waals surface area (Å²) in [7, 11) is -3.78. The maximum atomic E-state index is 12.3. The maximum absolute atomic E-state index is 12.3. The van der Waals surface area contributed by atoms with Crippen molar-refractivity contribution in [3.05, 3.63) is 65.2 Å². The number of amides is 1. The van der Waals surface area contributed by atoms with Gasteiger partial charge in [-0.1, -0.05) is 24.3 Å². The highest BCUT2D eigenvalue weighted by atomic mass is 32.2. The second-order valence-electron chi connectivity index (χ2n) is 6.21. The van der Waals surface area contributed by atoms with Crippen molar-refractivity contribution in [2.75, 3.05) is 10.0 Å². The molecule has 3 rings (SSSR count). The monoisotopic (exact) mass is 447 g/mol. The summed E-state index contributed by atoms with van der Waals surface area (Å²) in [5, 5.41) is 22.9. The molecule has 0 aliphatic carbocycles. The fourth-order valence-corrected chi connectivity index (χ4v) is 4.52. The number of thiazole rings is 1. The van der Waals surface area contributed by atoms with Gasteiger partial charge in [0, 0.05) is 5.38 Å². The molecule has 2 aromatic carbocycles. The molecule has 0 aliphatic heterocycles. The van der Waals surface area contributed by atoms with Gasteiger partial charge in [-0.3, -0.25) is 14.3 Å². The number of benzene rings is 2. The number of sulfonamides is 1.